The molecule has 0 bridgehead atoms. The van der Waals surface area contributed by atoms with E-state index < -0.39 is 11.5 Å². The highest BCUT2D eigenvalue weighted by atomic mass is 79.9. The molecule has 35 heavy (non-hydrogen) atoms. The monoisotopic (exact) mass is 530 g/mol. The van der Waals surface area contributed by atoms with Gasteiger partial charge in [0.2, 0.25) is 5.88 Å². The molecule has 0 radical (unpaired) electrons. The Morgan fingerprint density at radius 2 is 1.83 bits per heavy atom. The minimum atomic E-state index is -0.677. The van der Waals surface area contributed by atoms with Crippen molar-refractivity contribution >= 4 is 39.2 Å². The van der Waals surface area contributed by atoms with Crippen LogP contribution in [0.5, 0.6) is 17.4 Å². The fourth-order valence-electron chi connectivity index (χ4n) is 3.19. The Labute approximate surface area is 209 Å². The van der Waals surface area contributed by atoms with Gasteiger partial charge in [-0.3, -0.25) is 14.0 Å². The molecule has 4 rings (SSSR count). The number of amides is 1. The summed E-state index contributed by atoms with van der Waals surface area (Å²) in [5.74, 6) is 0.396. The zero-order valence-electron chi connectivity index (χ0n) is 18.6. The average Bonchev–Trinajstić information content (AvgIpc) is 2.86. The van der Waals surface area contributed by atoms with Crippen LogP contribution in [0.25, 0.3) is 11.7 Å². The number of carbonyl (C=O) groups excluding carboxylic acids is 1. The number of nitrogens with zero attached hydrogens (tertiary/aromatic N) is 3. The maximum atomic E-state index is 13.3. The summed E-state index contributed by atoms with van der Waals surface area (Å²) in [6.45, 7) is 2.39. The second-order valence-electron chi connectivity index (χ2n) is 7.20. The normalized spacial score (nSPS) is 11.1. The molecular weight excluding hydrogens is 512 g/mol. The molecule has 1 amide bonds. The Kier molecular flexibility index (Phi) is 7.24. The van der Waals surface area contributed by atoms with Gasteiger partial charge in [0.05, 0.1) is 6.61 Å². The maximum absolute atomic E-state index is 13.3. The van der Waals surface area contributed by atoms with Gasteiger partial charge in [0.1, 0.15) is 34.4 Å². The smallest absolute Gasteiger partial charge is 0.269 e. The van der Waals surface area contributed by atoms with Crippen molar-refractivity contribution in [3.05, 3.63) is 98.9 Å². The molecule has 2 heterocycles. The van der Waals surface area contributed by atoms with Crippen LogP contribution in [-0.2, 0) is 4.79 Å². The molecule has 0 saturated carbocycles. The largest absolute Gasteiger partial charge is 0.494 e. The van der Waals surface area contributed by atoms with Gasteiger partial charge in [-0.2, -0.15) is 10.2 Å². The topological polar surface area (TPSA) is 106 Å². The van der Waals surface area contributed by atoms with E-state index in [-0.39, 0.29) is 17.0 Å². The van der Waals surface area contributed by atoms with Crippen LogP contribution in [0.15, 0.2) is 87.8 Å². The highest BCUT2D eigenvalue weighted by Gasteiger charge is 2.17. The van der Waals surface area contributed by atoms with Crippen LogP contribution in [-0.4, -0.2) is 21.9 Å². The standard InChI is InChI=1S/C26H19BrN4O4/c1-2-34-20-12-8-19(9-13-20)29-24(32)17(16-28)15-22-25(35-21-10-6-18(27)7-11-21)30-23-5-3-4-14-31(23)26(22)33/h3-15H,2H2,1H3,(H,29,32). The number of pyridine rings is 1. The molecule has 0 aliphatic carbocycles. The van der Waals surface area contributed by atoms with E-state index in [4.69, 9.17) is 9.47 Å². The summed E-state index contributed by atoms with van der Waals surface area (Å²) in [6.07, 6.45) is 2.74. The van der Waals surface area contributed by atoms with Crippen molar-refractivity contribution in [2.24, 2.45) is 0 Å². The molecule has 4 aromatic rings. The van der Waals surface area contributed by atoms with Gasteiger partial charge >= 0.3 is 0 Å². The molecule has 0 atom stereocenters. The van der Waals surface area contributed by atoms with Crippen LogP contribution in [0.4, 0.5) is 5.69 Å². The van der Waals surface area contributed by atoms with E-state index in [1.807, 2.05) is 13.0 Å². The first kappa shape index (κ1) is 23.7. The van der Waals surface area contributed by atoms with Crippen LogP contribution in [0, 0.1) is 11.3 Å². The van der Waals surface area contributed by atoms with Gasteiger partial charge < -0.3 is 14.8 Å². The minimum absolute atomic E-state index is 0.0230. The van der Waals surface area contributed by atoms with Crippen molar-refractivity contribution < 1.29 is 14.3 Å². The molecule has 1 N–H and O–H groups in total. The van der Waals surface area contributed by atoms with Crippen molar-refractivity contribution in [1.29, 1.82) is 5.26 Å². The van der Waals surface area contributed by atoms with Crippen LogP contribution < -0.4 is 20.3 Å². The number of fused-ring (bicyclic) bond motifs is 1. The Hall–Kier alpha value is -4.42. The highest BCUT2D eigenvalue weighted by molar-refractivity contribution is 9.10. The number of nitriles is 1. The number of carbonyl (C=O) groups is 1. The first-order valence-electron chi connectivity index (χ1n) is 10.6. The number of hydrogen-bond donors (Lipinski definition) is 1. The summed E-state index contributed by atoms with van der Waals surface area (Å²) in [6, 6.07) is 20.7. The quantitative estimate of drug-likeness (QED) is 0.260. The van der Waals surface area contributed by atoms with Gasteiger partial charge in [-0.05, 0) is 73.7 Å². The van der Waals surface area contributed by atoms with Gasteiger partial charge in [-0.15, -0.1) is 0 Å². The summed E-state index contributed by atoms with van der Waals surface area (Å²) >= 11 is 3.36. The van der Waals surface area contributed by atoms with E-state index in [1.165, 1.54) is 10.5 Å². The molecular formula is C26H19BrN4O4. The van der Waals surface area contributed by atoms with E-state index in [0.717, 1.165) is 4.47 Å². The van der Waals surface area contributed by atoms with Crippen LogP contribution in [0.1, 0.15) is 12.5 Å². The molecule has 2 aromatic carbocycles. The van der Waals surface area contributed by atoms with Gasteiger partial charge in [0, 0.05) is 16.4 Å². The predicted octanol–water partition coefficient (Wildman–Crippen LogP) is 5.19. The second kappa shape index (κ2) is 10.7. The Morgan fingerprint density at radius 3 is 2.51 bits per heavy atom. The zero-order chi connectivity index (χ0) is 24.8. The van der Waals surface area contributed by atoms with E-state index in [1.54, 1.807) is 72.9 Å². The van der Waals surface area contributed by atoms with E-state index in [9.17, 15) is 14.9 Å². The number of rotatable bonds is 7. The molecule has 0 aliphatic rings. The highest BCUT2D eigenvalue weighted by Crippen LogP contribution is 2.25. The summed E-state index contributed by atoms with van der Waals surface area (Å²) < 4.78 is 13.5. The summed E-state index contributed by atoms with van der Waals surface area (Å²) in [7, 11) is 0. The van der Waals surface area contributed by atoms with E-state index in [0.29, 0.717) is 29.4 Å². The number of benzene rings is 2. The Bertz CT molecular complexity index is 1500. The van der Waals surface area contributed by atoms with Crippen molar-refractivity contribution in [3.8, 4) is 23.4 Å². The van der Waals surface area contributed by atoms with Gasteiger partial charge in [-0.1, -0.05) is 22.0 Å². The lowest BCUT2D eigenvalue weighted by molar-refractivity contribution is -0.112. The lowest BCUT2D eigenvalue weighted by atomic mass is 10.1. The zero-order valence-corrected chi connectivity index (χ0v) is 20.2. The lowest BCUT2D eigenvalue weighted by Gasteiger charge is -2.11. The minimum Gasteiger partial charge on any atom is -0.494 e. The fraction of sp³-hybridized carbons (Fsp3) is 0.0769. The van der Waals surface area contributed by atoms with Crippen LogP contribution in [0.3, 0.4) is 0 Å². The molecule has 0 unspecified atom stereocenters. The maximum Gasteiger partial charge on any atom is 0.269 e. The molecule has 0 fully saturated rings. The van der Waals surface area contributed by atoms with Crippen LogP contribution >= 0.6 is 15.9 Å². The summed E-state index contributed by atoms with van der Waals surface area (Å²) in [5.41, 5.74) is 0.0343. The van der Waals surface area contributed by atoms with Crippen molar-refractivity contribution in [2.75, 3.05) is 11.9 Å². The SMILES string of the molecule is CCOc1ccc(NC(=O)C(C#N)=Cc2c(Oc3ccc(Br)cc3)nc3ccccn3c2=O)cc1. The third-order valence-corrected chi connectivity index (χ3v) is 5.37. The van der Waals surface area contributed by atoms with Gasteiger partial charge in [0.25, 0.3) is 11.5 Å². The van der Waals surface area contributed by atoms with E-state index >= 15 is 0 Å². The number of ether oxygens (including phenoxy) is 2. The fourth-order valence-corrected chi connectivity index (χ4v) is 3.45. The Balaban J connectivity index is 1.72. The van der Waals surface area contributed by atoms with Crippen LogP contribution in [0.2, 0.25) is 0 Å². The molecule has 174 valence electrons. The predicted molar refractivity (Wildman–Crippen MR) is 136 cm³/mol. The van der Waals surface area contributed by atoms with Gasteiger partial charge in [-0.25, -0.2) is 0 Å². The molecule has 9 heteroatoms. The lowest BCUT2D eigenvalue weighted by Crippen LogP contribution is -2.20. The average molecular weight is 531 g/mol. The van der Waals surface area contributed by atoms with Crippen molar-refractivity contribution in [3.63, 3.8) is 0 Å². The van der Waals surface area contributed by atoms with E-state index in [2.05, 4.69) is 26.2 Å². The third kappa shape index (κ3) is 5.57. The Morgan fingerprint density at radius 1 is 1.11 bits per heavy atom. The molecule has 0 aliphatic heterocycles. The summed E-state index contributed by atoms with van der Waals surface area (Å²) in [5, 5.41) is 12.3. The van der Waals surface area contributed by atoms with Crippen molar-refractivity contribution in [2.45, 2.75) is 6.92 Å². The molecule has 8 nitrogen and oxygen atoms in total. The number of nitrogens with one attached hydrogen (secondary N) is 1. The number of halogens is 1. The second-order valence-corrected chi connectivity index (χ2v) is 8.12. The first-order valence-corrected chi connectivity index (χ1v) is 11.4. The number of anilines is 1. The molecule has 2 aromatic heterocycles. The third-order valence-electron chi connectivity index (χ3n) is 4.84. The molecule has 0 spiro atoms. The van der Waals surface area contributed by atoms with Gasteiger partial charge in [0.15, 0.2) is 0 Å². The molecule has 0 saturated heterocycles. The van der Waals surface area contributed by atoms with Crippen molar-refractivity contribution in [1.82, 2.24) is 9.38 Å². The number of hydrogen-bond acceptors (Lipinski definition) is 6. The number of aromatic nitrogens is 2. The summed E-state index contributed by atoms with van der Waals surface area (Å²) in [4.78, 5) is 30.5. The first-order chi connectivity index (χ1) is 17.0.